The molecule has 0 bridgehead atoms. The SMILES string of the molecule is CC(NC1CCC(F)(F)CC1)c1ccc(Cl)cc1. The number of benzene rings is 1. The summed E-state index contributed by atoms with van der Waals surface area (Å²) in [6.07, 6.45) is 1.09. The molecule has 0 radical (unpaired) electrons. The van der Waals surface area contributed by atoms with Crippen molar-refractivity contribution in [3.05, 3.63) is 34.9 Å². The molecule has 2 rings (SSSR count). The molecule has 1 unspecified atom stereocenters. The second-order valence-electron chi connectivity index (χ2n) is 5.07. The van der Waals surface area contributed by atoms with Crippen molar-refractivity contribution in [2.45, 2.75) is 50.6 Å². The Bertz CT molecular complexity index is 381. The molecular formula is C14H18ClF2N. The maximum atomic E-state index is 13.0. The van der Waals surface area contributed by atoms with Crippen molar-refractivity contribution in [2.75, 3.05) is 0 Å². The van der Waals surface area contributed by atoms with Gasteiger partial charge in [0.1, 0.15) is 0 Å². The fraction of sp³-hybridized carbons (Fsp3) is 0.571. The minimum atomic E-state index is -2.46. The first-order valence-corrected chi connectivity index (χ1v) is 6.73. The van der Waals surface area contributed by atoms with E-state index in [1.165, 1.54) is 0 Å². The van der Waals surface area contributed by atoms with Crippen molar-refractivity contribution in [1.29, 1.82) is 0 Å². The quantitative estimate of drug-likeness (QED) is 0.851. The van der Waals surface area contributed by atoms with E-state index in [-0.39, 0.29) is 24.9 Å². The molecule has 1 aromatic rings. The van der Waals surface area contributed by atoms with Gasteiger partial charge in [-0.25, -0.2) is 8.78 Å². The molecule has 0 aliphatic heterocycles. The van der Waals surface area contributed by atoms with Crippen LogP contribution in [0.25, 0.3) is 0 Å². The summed E-state index contributed by atoms with van der Waals surface area (Å²) in [6, 6.07) is 8.00. The molecule has 1 atom stereocenters. The first-order chi connectivity index (χ1) is 8.46. The van der Waals surface area contributed by atoms with Crippen LogP contribution in [-0.4, -0.2) is 12.0 Å². The van der Waals surface area contributed by atoms with Crippen molar-refractivity contribution in [3.63, 3.8) is 0 Å². The lowest BCUT2D eigenvalue weighted by atomic mass is 9.91. The first kappa shape index (κ1) is 13.8. The Morgan fingerprint density at radius 3 is 2.33 bits per heavy atom. The van der Waals surface area contributed by atoms with Gasteiger partial charge in [0.2, 0.25) is 5.92 Å². The lowest BCUT2D eigenvalue weighted by Crippen LogP contribution is -2.38. The Morgan fingerprint density at radius 1 is 1.22 bits per heavy atom. The predicted octanol–water partition coefficient (Wildman–Crippen LogP) is 4.57. The zero-order valence-corrected chi connectivity index (χ0v) is 11.2. The maximum Gasteiger partial charge on any atom is 0.248 e. The van der Waals surface area contributed by atoms with Crippen LogP contribution in [0.2, 0.25) is 5.02 Å². The fourth-order valence-electron chi connectivity index (χ4n) is 2.41. The third-order valence-corrected chi connectivity index (χ3v) is 3.82. The van der Waals surface area contributed by atoms with Crippen LogP contribution in [0.15, 0.2) is 24.3 Å². The highest BCUT2D eigenvalue weighted by molar-refractivity contribution is 6.30. The van der Waals surface area contributed by atoms with E-state index in [9.17, 15) is 8.78 Å². The summed E-state index contributed by atoms with van der Waals surface area (Å²) in [5.74, 6) is -2.46. The van der Waals surface area contributed by atoms with Crippen LogP contribution in [-0.2, 0) is 0 Å². The van der Waals surface area contributed by atoms with Gasteiger partial charge in [0.15, 0.2) is 0 Å². The first-order valence-electron chi connectivity index (χ1n) is 6.36. The Morgan fingerprint density at radius 2 is 1.78 bits per heavy atom. The molecular weight excluding hydrogens is 256 g/mol. The van der Waals surface area contributed by atoms with Crippen LogP contribution in [0, 0.1) is 0 Å². The van der Waals surface area contributed by atoms with Gasteiger partial charge in [-0.1, -0.05) is 23.7 Å². The molecule has 1 aliphatic carbocycles. The third-order valence-electron chi connectivity index (χ3n) is 3.57. The minimum absolute atomic E-state index is 0.00198. The van der Waals surface area contributed by atoms with Gasteiger partial charge in [0, 0.05) is 29.9 Å². The van der Waals surface area contributed by atoms with Gasteiger partial charge < -0.3 is 5.32 Å². The summed E-state index contributed by atoms with van der Waals surface area (Å²) in [7, 11) is 0. The zero-order chi connectivity index (χ0) is 13.2. The van der Waals surface area contributed by atoms with Crippen molar-refractivity contribution in [2.24, 2.45) is 0 Å². The van der Waals surface area contributed by atoms with Crippen molar-refractivity contribution in [3.8, 4) is 0 Å². The lowest BCUT2D eigenvalue weighted by molar-refractivity contribution is -0.0411. The molecule has 0 saturated heterocycles. The summed E-state index contributed by atoms with van der Waals surface area (Å²) < 4.78 is 26.1. The van der Waals surface area contributed by atoms with E-state index in [0.29, 0.717) is 17.9 Å². The molecule has 1 nitrogen and oxygen atoms in total. The zero-order valence-electron chi connectivity index (χ0n) is 10.4. The van der Waals surface area contributed by atoms with Crippen LogP contribution >= 0.6 is 11.6 Å². The molecule has 0 spiro atoms. The molecule has 0 heterocycles. The van der Waals surface area contributed by atoms with Crippen LogP contribution in [0.4, 0.5) is 8.78 Å². The van der Waals surface area contributed by atoms with E-state index in [1.54, 1.807) is 0 Å². The number of hydrogen-bond acceptors (Lipinski definition) is 1. The highest BCUT2D eigenvalue weighted by Crippen LogP contribution is 2.33. The van der Waals surface area contributed by atoms with Gasteiger partial charge in [-0.3, -0.25) is 0 Å². The van der Waals surface area contributed by atoms with E-state index in [1.807, 2.05) is 24.3 Å². The fourth-order valence-corrected chi connectivity index (χ4v) is 2.53. The molecule has 4 heteroatoms. The van der Waals surface area contributed by atoms with Gasteiger partial charge in [-0.05, 0) is 37.5 Å². The molecule has 0 aromatic heterocycles. The summed E-state index contributed by atoms with van der Waals surface area (Å²) in [5.41, 5.74) is 1.14. The Hall–Kier alpha value is -0.670. The van der Waals surface area contributed by atoms with E-state index in [2.05, 4.69) is 12.2 Å². The molecule has 1 saturated carbocycles. The van der Waals surface area contributed by atoms with E-state index < -0.39 is 5.92 Å². The van der Waals surface area contributed by atoms with Crippen molar-refractivity contribution < 1.29 is 8.78 Å². The second kappa shape index (κ2) is 5.54. The van der Waals surface area contributed by atoms with E-state index >= 15 is 0 Å². The van der Waals surface area contributed by atoms with Crippen LogP contribution < -0.4 is 5.32 Å². The highest BCUT2D eigenvalue weighted by Gasteiger charge is 2.35. The average Bonchev–Trinajstić information content (AvgIpc) is 2.33. The summed E-state index contributed by atoms with van der Waals surface area (Å²) in [4.78, 5) is 0. The number of rotatable bonds is 3. The van der Waals surface area contributed by atoms with Crippen molar-refractivity contribution >= 4 is 11.6 Å². The van der Waals surface area contributed by atoms with Gasteiger partial charge in [0.05, 0.1) is 0 Å². The Balaban J connectivity index is 1.88. The molecule has 18 heavy (non-hydrogen) atoms. The minimum Gasteiger partial charge on any atom is -0.307 e. The Labute approximate surface area is 112 Å². The predicted molar refractivity (Wildman–Crippen MR) is 70.2 cm³/mol. The third kappa shape index (κ3) is 3.66. The molecule has 1 aromatic carbocycles. The monoisotopic (exact) mass is 273 g/mol. The highest BCUT2D eigenvalue weighted by atomic mass is 35.5. The standard InChI is InChI=1S/C14H18ClF2N/c1-10(11-2-4-12(15)5-3-11)18-13-6-8-14(16,17)9-7-13/h2-5,10,13,18H,6-9H2,1H3. The van der Waals surface area contributed by atoms with Crippen molar-refractivity contribution in [1.82, 2.24) is 5.32 Å². The number of nitrogens with one attached hydrogen (secondary N) is 1. The largest absolute Gasteiger partial charge is 0.307 e. The van der Waals surface area contributed by atoms with Crippen LogP contribution in [0.5, 0.6) is 0 Å². The lowest BCUT2D eigenvalue weighted by Gasteiger charge is -2.31. The molecule has 100 valence electrons. The van der Waals surface area contributed by atoms with E-state index in [0.717, 1.165) is 5.56 Å². The van der Waals surface area contributed by atoms with Gasteiger partial charge in [-0.15, -0.1) is 0 Å². The van der Waals surface area contributed by atoms with Crippen LogP contribution in [0.1, 0.15) is 44.2 Å². The normalized spacial score (nSPS) is 21.8. The van der Waals surface area contributed by atoms with Crippen LogP contribution in [0.3, 0.4) is 0 Å². The molecule has 0 amide bonds. The smallest absolute Gasteiger partial charge is 0.248 e. The van der Waals surface area contributed by atoms with Gasteiger partial charge in [0.25, 0.3) is 0 Å². The number of hydrogen-bond donors (Lipinski definition) is 1. The Kier molecular flexibility index (Phi) is 4.23. The van der Waals surface area contributed by atoms with Gasteiger partial charge >= 0.3 is 0 Å². The summed E-state index contributed by atoms with van der Waals surface area (Å²) in [6.45, 7) is 2.05. The molecule has 1 fully saturated rings. The van der Waals surface area contributed by atoms with Gasteiger partial charge in [-0.2, -0.15) is 0 Å². The molecule has 1 N–H and O–H groups in total. The summed E-state index contributed by atoms with van der Waals surface area (Å²) >= 11 is 5.84. The van der Waals surface area contributed by atoms with E-state index in [4.69, 9.17) is 11.6 Å². The maximum absolute atomic E-state index is 13.0. The average molecular weight is 274 g/mol. The summed E-state index contributed by atoms with van der Waals surface area (Å²) in [5, 5.41) is 4.13. The topological polar surface area (TPSA) is 12.0 Å². The number of halogens is 3. The molecule has 1 aliphatic rings. The second-order valence-corrected chi connectivity index (χ2v) is 5.51. The number of alkyl halides is 2.